The Bertz CT molecular complexity index is 978. The predicted octanol–water partition coefficient (Wildman–Crippen LogP) is 3.55. The molecule has 0 amide bonds. The Kier molecular flexibility index (Phi) is 6.13. The van der Waals surface area contributed by atoms with E-state index >= 15 is 0 Å². The molecule has 2 aromatic carbocycles. The molecule has 1 fully saturated rings. The zero-order chi connectivity index (χ0) is 19.9. The van der Waals surface area contributed by atoms with Gasteiger partial charge >= 0.3 is 0 Å². The van der Waals surface area contributed by atoms with Crippen molar-refractivity contribution in [1.82, 2.24) is 15.0 Å². The van der Waals surface area contributed by atoms with Crippen molar-refractivity contribution in [3.63, 3.8) is 0 Å². The minimum absolute atomic E-state index is 0.346. The predicted molar refractivity (Wildman–Crippen MR) is 115 cm³/mol. The third-order valence-electron chi connectivity index (χ3n) is 4.17. The Morgan fingerprint density at radius 3 is 2.55 bits per heavy atom. The van der Waals surface area contributed by atoms with E-state index in [0.29, 0.717) is 36.1 Å². The number of hydrazone groups is 1. The summed E-state index contributed by atoms with van der Waals surface area (Å²) in [6, 6.07) is 17.1. The van der Waals surface area contributed by atoms with Crippen LogP contribution in [-0.2, 0) is 4.74 Å². The van der Waals surface area contributed by atoms with Crippen molar-refractivity contribution in [2.45, 2.75) is 0 Å². The van der Waals surface area contributed by atoms with Crippen LogP contribution in [0.25, 0.3) is 0 Å². The number of benzene rings is 2. The molecule has 0 unspecified atom stereocenters. The molecule has 29 heavy (non-hydrogen) atoms. The van der Waals surface area contributed by atoms with Crippen LogP contribution in [0.4, 0.5) is 23.5 Å². The van der Waals surface area contributed by atoms with Gasteiger partial charge in [0.2, 0.25) is 17.8 Å². The van der Waals surface area contributed by atoms with Gasteiger partial charge in [0.1, 0.15) is 0 Å². The number of rotatable bonds is 6. The molecule has 4 rings (SSSR count). The fourth-order valence-corrected chi connectivity index (χ4v) is 2.98. The van der Waals surface area contributed by atoms with E-state index in [9.17, 15) is 0 Å². The number of halogens is 1. The molecule has 0 radical (unpaired) electrons. The van der Waals surface area contributed by atoms with Crippen molar-refractivity contribution < 1.29 is 4.74 Å². The van der Waals surface area contributed by atoms with Crippen LogP contribution in [0.15, 0.2) is 59.7 Å². The summed E-state index contributed by atoms with van der Waals surface area (Å²) in [5, 5.41) is 8.09. The van der Waals surface area contributed by atoms with Crippen molar-refractivity contribution >= 4 is 41.3 Å². The van der Waals surface area contributed by atoms with Crippen LogP contribution in [0.1, 0.15) is 5.56 Å². The number of nitrogens with one attached hydrogen (secondary N) is 2. The molecule has 9 heteroatoms. The maximum Gasteiger partial charge on any atom is 0.250 e. The molecule has 8 nitrogen and oxygen atoms in total. The first kappa shape index (κ1) is 19.1. The third-order valence-corrected chi connectivity index (χ3v) is 4.41. The summed E-state index contributed by atoms with van der Waals surface area (Å²) in [5.41, 5.74) is 4.64. The van der Waals surface area contributed by atoms with E-state index < -0.39 is 0 Å². The molecule has 2 heterocycles. The van der Waals surface area contributed by atoms with Crippen molar-refractivity contribution in [1.29, 1.82) is 0 Å². The average molecular weight is 410 g/mol. The van der Waals surface area contributed by atoms with Gasteiger partial charge in [0, 0.05) is 23.8 Å². The average Bonchev–Trinajstić information content (AvgIpc) is 2.75. The summed E-state index contributed by atoms with van der Waals surface area (Å²) in [6.07, 6.45) is 1.66. The molecular weight excluding hydrogens is 390 g/mol. The van der Waals surface area contributed by atoms with Gasteiger partial charge in [0.15, 0.2) is 0 Å². The second-order valence-corrected chi connectivity index (χ2v) is 6.73. The van der Waals surface area contributed by atoms with Crippen LogP contribution in [0.5, 0.6) is 0 Å². The number of para-hydroxylation sites is 1. The zero-order valence-corrected chi connectivity index (χ0v) is 16.4. The van der Waals surface area contributed by atoms with Gasteiger partial charge in [0.25, 0.3) is 0 Å². The van der Waals surface area contributed by atoms with Crippen molar-refractivity contribution in [3.05, 3.63) is 65.2 Å². The van der Waals surface area contributed by atoms with Gasteiger partial charge < -0.3 is 15.0 Å². The Morgan fingerprint density at radius 1 is 0.966 bits per heavy atom. The van der Waals surface area contributed by atoms with Gasteiger partial charge in [-0.05, 0) is 29.8 Å². The molecule has 2 N–H and O–H groups in total. The number of morpholine rings is 1. The molecule has 0 bridgehead atoms. The van der Waals surface area contributed by atoms with Crippen LogP contribution in [0.3, 0.4) is 0 Å². The summed E-state index contributed by atoms with van der Waals surface area (Å²) in [5.74, 6) is 1.36. The topological polar surface area (TPSA) is 87.6 Å². The Hall–Kier alpha value is -3.23. The van der Waals surface area contributed by atoms with Crippen LogP contribution < -0.4 is 15.6 Å². The summed E-state index contributed by atoms with van der Waals surface area (Å²) in [4.78, 5) is 15.6. The molecule has 0 aliphatic carbocycles. The molecule has 148 valence electrons. The lowest BCUT2D eigenvalue weighted by Gasteiger charge is -2.27. The first-order valence-electron chi connectivity index (χ1n) is 9.22. The van der Waals surface area contributed by atoms with Gasteiger partial charge in [-0.3, -0.25) is 0 Å². The first-order valence-corrected chi connectivity index (χ1v) is 9.59. The molecule has 1 saturated heterocycles. The molecule has 1 aliphatic heterocycles. The van der Waals surface area contributed by atoms with Gasteiger partial charge in [-0.25, -0.2) is 5.43 Å². The molecule has 3 aromatic rings. The SMILES string of the molecule is Clc1cccc(C=NNc2nc(Nc3ccccc3)nc(N3CCOCC3)n2)c1. The summed E-state index contributed by atoms with van der Waals surface area (Å²) in [6.45, 7) is 2.73. The van der Waals surface area contributed by atoms with Crippen molar-refractivity contribution in [2.24, 2.45) is 5.10 Å². The quantitative estimate of drug-likeness (QED) is 0.475. The third kappa shape index (κ3) is 5.40. The molecular formula is C20H20ClN7O. The van der Waals surface area contributed by atoms with E-state index in [1.165, 1.54) is 0 Å². The lowest BCUT2D eigenvalue weighted by atomic mass is 10.2. The van der Waals surface area contributed by atoms with E-state index in [2.05, 4.69) is 35.7 Å². The van der Waals surface area contributed by atoms with E-state index in [0.717, 1.165) is 24.3 Å². The maximum absolute atomic E-state index is 6.01. The molecule has 1 aliphatic rings. The van der Waals surface area contributed by atoms with Gasteiger partial charge in [-0.2, -0.15) is 20.1 Å². The normalized spacial score (nSPS) is 14.2. The Morgan fingerprint density at radius 2 is 1.76 bits per heavy atom. The summed E-state index contributed by atoms with van der Waals surface area (Å²) in [7, 11) is 0. The van der Waals surface area contributed by atoms with E-state index in [1.807, 2.05) is 54.6 Å². The first-order chi connectivity index (χ1) is 14.3. The highest BCUT2D eigenvalue weighted by Gasteiger charge is 2.16. The van der Waals surface area contributed by atoms with Crippen LogP contribution in [0, 0.1) is 0 Å². The van der Waals surface area contributed by atoms with Gasteiger partial charge in [0.05, 0.1) is 19.4 Å². The van der Waals surface area contributed by atoms with Crippen LogP contribution >= 0.6 is 11.6 Å². The van der Waals surface area contributed by atoms with Gasteiger partial charge in [-0.1, -0.05) is 41.9 Å². The van der Waals surface area contributed by atoms with Gasteiger partial charge in [-0.15, -0.1) is 0 Å². The number of aromatic nitrogens is 3. The Labute approximate surface area is 173 Å². The minimum Gasteiger partial charge on any atom is -0.378 e. The summed E-state index contributed by atoms with van der Waals surface area (Å²) >= 11 is 6.01. The summed E-state index contributed by atoms with van der Waals surface area (Å²) < 4.78 is 5.42. The highest BCUT2D eigenvalue weighted by molar-refractivity contribution is 6.30. The largest absolute Gasteiger partial charge is 0.378 e. The number of hydrogen-bond acceptors (Lipinski definition) is 8. The fourth-order valence-electron chi connectivity index (χ4n) is 2.78. The highest BCUT2D eigenvalue weighted by Crippen LogP contribution is 2.18. The standard InChI is InChI=1S/C20H20ClN7O/c21-16-6-4-5-15(13-16)14-22-27-19-24-18(23-17-7-2-1-3-8-17)25-20(26-19)28-9-11-29-12-10-28/h1-8,13-14H,9-12H2,(H2,23,24,25,26,27). The lowest BCUT2D eigenvalue weighted by Crippen LogP contribution is -2.37. The van der Waals surface area contributed by atoms with E-state index in [1.54, 1.807) is 6.21 Å². The van der Waals surface area contributed by atoms with Crippen LogP contribution in [0.2, 0.25) is 5.02 Å². The number of ether oxygens (including phenoxy) is 1. The molecule has 0 saturated carbocycles. The Balaban J connectivity index is 1.56. The highest BCUT2D eigenvalue weighted by atomic mass is 35.5. The van der Waals surface area contributed by atoms with Crippen molar-refractivity contribution in [2.75, 3.05) is 41.9 Å². The van der Waals surface area contributed by atoms with Crippen LogP contribution in [-0.4, -0.2) is 47.5 Å². The lowest BCUT2D eigenvalue weighted by molar-refractivity contribution is 0.122. The van der Waals surface area contributed by atoms with E-state index in [4.69, 9.17) is 16.3 Å². The molecule has 1 aromatic heterocycles. The molecule has 0 atom stereocenters. The zero-order valence-electron chi connectivity index (χ0n) is 15.6. The monoisotopic (exact) mass is 409 g/mol. The second-order valence-electron chi connectivity index (χ2n) is 6.30. The van der Waals surface area contributed by atoms with E-state index in [-0.39, 0.29) is 0 Å². The number of hydrogen-bond donors (Lipinski definition) is 2. The minimum atomic E-state index is 0.346. The smallest absolute Gasteiger partial charge is 0.250 e. The second kappa shape index (κ2) is 9.31. The van der Waals surface area contributed by atoms with Crippen molar-refractivity contribution in [3.8, 4) is 0 Å². The number of nitrogens with zero attached hydrogens (tertiary/aromatic N) is 5. The molecule has 0 spiro atoms. The maximum atomic E-state index is 6.01. The fraction of sp³-hybridized carbons (Fsp3) is 0.200. The number of anilines is 4.